The Morgan fingerprint density at radius 1 is 1.04 bits per heavy atom. The van der Waals surface area contributed by atoms with Gasteiger partial charge in [0.2, 0.25) is 5.90 Å². The van der Waals surface area contributed by atoms with Gasteiger partial charge < -0.3 is 4.74 Å². The molecule has 0 fully saturated rings. The molecule has 25 heavy (non-hydrogen) atoms. The highest BCUT2D eigenvalue weighted by Gasteiger charge is 2.33. The van der Waals surface area contributed by atoms with Gasteiger partial charge in [-0.25, -0.2) is 4.99 Å². The molecule has 3 rings (SSSR count). The second kappa shape index (κ2) is 6.33. The molecule has 2 aromatic carbocycles. The third kappa shape index (κ3) is 3.78. The fraction of sp³-hybridized carbons (Fsp3) is 0.435. The fourth-order valence-corrected chi connectivity index (χ4v) is 3.63. The van der Waals surface area contributed by atoms with E-state index in [2.05, 4.69) is 90.1 Å². The van der Waals surface area contributed by atoms with Crippen molar-refractivity contribution in [2.24, 2.45) is 10.4 Å². The van der Waals surface area contributed by atoms with E-state index in [9.17, 15) is 0 Å². The summed E-state index contributed by atoms with van der Waals surface area (Å²) in [7, 11) is 0. The normalized spacial score (nSPS) is 17.8. The molecular weight excluding hydrogens is 306 g/mol. The Bertz CT molecular complexity index is 781. The second-order valence-electron chi connectivity index (χ2n) is 8.82. The van der Waals surface area contributed by atoms with Crippen LogP contribution >= 0.6 is 0 Å². The number of nitrogens with zero attached hydrogens (tertiary/aromatic N) is 1. The van der Waals surface area contributed by atoms with Gasteiger partial charge in [-0.1, -0.05) is 68.8 Å². The molecule has 0 saturated heterocycles. The van der Waals surface area contributed by atoms with Crippen molar-refractivity contribution in [3.05, 3.63) is 70.8 Å². The van der Waals surface area contributed by atoms with E-state index in [1.54, 1.807) is 0 Å². The first-order valence-corrected chi connectivity index (χ1v) is 9.06. The predicted molar refractivity (Wildman–Crippen MR) is 105 cm³/mol. The van der Waals surface area contributed by atoms with E-state index in [1.165, 1.54) is 16.7 Å². The van der Waals surface area contributed by atoms with Crippen molar-refractivity contribution in [2.75, 3.05) is 6.61 Å². The minimum Gasteiger partial charge on any atom is -0.475 e. The summed E-state index contributed by atoms with van der Waals surface area (Å²) in [6.07, 6.45) is 0. The molecule has 132 valence electrons. The van der Waals surface area contributed by atoms with Gasteiger partial charge in [-0.3, -0.25) is 0 Å². The number of rotatable bonds is 3. The molecule has 0 bridgehead atoms. The van der Waals surface area contributed by atoms with E-state index >= 15 is 0 Å². The Morgan fingerprint density at radius 3 is 2.28 bits per heavy atom. The van der Waals surface area contributed by atoms with Gasteiger partial charge in [-0.2, -0.15) is 0 Å². The third-order valence-corrected chi connectivity index (χ3v) is 4.71. The molecule has 0 spiro atoms. The van der Waals surface area contributed by atoms with Crippen LogP contribution in [-0.2, 0) is 4.74 Å². The molecule has 1 atom stereocenters. The molecule has 0 amide bonds. The van der Waals surface area contributed by atoms with Crippen LogP contribution in [0.4, 0.5) is 0 Å². The predicted octanol–water partition coefficient (Wildman–Crippen LogP) is 5.73. The maximum atomic E-state index is 5.98. The average Bonchev–Trinajstić information content (AvgIpc) is 2.87. The van der Waals surface area contributed by atoms with E-state index in [1.807, 2.05) is 0 Å². The summed E-state index contributed by atoms with van der Waals surface area (Å²) in [5, 5.41) is 0. The summed E-state index contributed by atoms with van der Waals surface area (Å²) in [6, 6.07) is 17.4. The molecule has 2 aromatic rings. The highest BCUT2D eigenvalue weighted by Crippen LogP contribution is 2.42. The molecule has 2 heteroatoms. The molecule has 0 aliphatic carbocycles. The molecule has 2 nitrogen and oxygen atoms in total. The zero-order valence-corrected chi connectivity index (χ0v) is 16.3. The van der Waals surface area contributed by atoms with Gasteiger partial charge in [-0.15, -0.1) is 0 Å². The maximum Gasteiger partial charge on any atom is 0.217 e. The SMILES string of the molecule is Cc1ccc(C2=NC(C)(C)CO2)c(C(c2ccccc2)C(C)(C)C)c1. The van der Waals surface area contributed by atoms with Gasteiger partial charge >= 0.3 is 0 Å². The van der Waals surface area contributed by atoms with E-state index < -0.39 is 0 Å². The van der Waals surface area contributed by atoms with E-state index in [4.69, 9.17) is 9.73 Å². The average molecular weight is 335 g/mol. The quantitative estimate of drug-likeness (QED) is 0.702. The molecular formula is C23H29NO. The highest BCUT2D eigenvalue weighted by atomic mass is 16.5. The molecule has 1 heterocycles. The van der Waals surface area contributed by atoms with Crippen LogP contribution in [0, 0.1) is 12.3 Å². The monoisotopic (exact) mass is 335 g/mol. The minimum absolute atomic E-state index is 0.0819. The number of aliphatic imine (C=N–C) groups is 1. The van der Waals surface area contributed by atoms with E-state index in [-0.39, 0.29) is 16.9 Å². The molecule has 0 aromatic heterocycles. The van der Waals surface area contributed by atoms with Gasteiger partial charge in [0.25, 0.3) is 0 Å². The second-order valence-corrected chi connectivity index (χ2v) is 8.82. The standard InChI is InChI=1S/C23H29NO/c1-16-12-13-18(21-24-23(5,6)15-25-21)19(14-16)20(22(2,3)4)17-10-8-7-9-11-17/h7-14,20H,15H2,1-6H3. The van der Waals surface area contributed by atoms with Crippen LogP contribution in [-0.4, -0.2) is 18.0 Å². The van der Waals surface area contributed by atoms with Crippen LogP contribution in [0.15, 0.2) is 53.5 Å². The zero-order chi connectivity index (χ0) is 18.2. The Hall–Kier alpha value is -2.09. The van der Waals surface area contributed by atoms with Crippen LogP contribution in [0.1, 0.15) is 62.8 Å². The lowest BCUT2D eigenvalue weighted by atomic mass is 9.71. The lowest BCUT2D eigenvalue weighted by molar-refractivity contribution is 0.279. The van der Waals surface area contributed by atoms with Crippen LogP contribution in [0.5, 0.6) is 0 Å². The summed E-state index contributed by atoms with van der Waals surface area (Å²) in [5.74, 6) is 1.06. The Labute approximate surface area is 152 Å². The molecule has 0 radical (unpaired) electrons. The van der Waals surface area contributed by atoms with Gasteiger partial charge in [0.1, 0.15) is 6.61 Å². The zero-order valence-electron chi connectivity index (χ0n) is 16.3. The Kier molecular flexibility index (Phi) is 4.49. The van der Waals surface area contributed by atoms with Crippen molar-refractivity contribution in [3.63, 3.8) is 0 Å². The summed E-state index contributed by atoms with van der Waals surface area (Å²) in [6.45, 7) is 13.9. The topological polar surface area (TPSA) is 21.6 Å². The first-order valence-electron chi connectivity index (χ1n) is 9.06. The maximum absolute atomic E-state index is 5.98. The smallest absolute Gasteiger partial charge is 0.217 e. The van der Waals surface area contributed by atoms with Gasteiger partial charge in [-0.05, 0) is 43.4 Å². The van der Waals surface area contributed by atoms with Crippen molar-refractivity contribution in [3.8, 4) is 0 Å². The number of hydrogen-bond acceptors (Lipinski definition) is 2. The molecule has 1 unspecified atom stereocenters. The van der Waals surface area contributed by atoms with Crippen molar-refractivity contribution in [1.29, 1.82) is 0 Å². The first-order chi connectivity index (χ1) is 11.7. The summed E-state index contributed by atoms with van der Waals surface area (Å²) in [4.78, 5) is 4.83. The van der Waals surface area contributed by atoms with Gasteiger partial charge in [0.15, 0.2) is 0 Å². The Morgan fingerprint density at radius 2 is 1.72 bits per heavy atom. The summed E-state index contributed by atoms with van der Waals surface area (Å²) in [5.41, 5.74) is 4.96. The number of aryl methyl sites for hydroxylation is 1. The highest BCUT2D eigenvalue weighted by molar-refractivity contribution is 5.97. The third-order valence-electron chi connectivity index (χ3n) is 4.71. The van der Waals surface area contributed by atoms with Crippen molar-refractivity contribution >= 4 is 5.90 Å². The van der Waals surface area contributed by atoms with E-state index in [0.717, 1.165) is 11.5 Å². The number of benzene rings is 2. The van der Waals surface area contributed by atoms with Gasteiger partial charge in [0.05, 0.1) is 5.54 Å². The Balaban J connectivity index is 2.19. The van der Waals surface area contributed by atoms with E-state index in [0.29, 0.717) is 6.61 Å². The lowest BCUT2D eigenvalue weighted by Crippen LogP contribution is -2.22. The number of ether oxygens (including phenoxy) is 1. The molecule has 1 aliphatic rings. The molecule has 0 N–H and O–H groups in total. The van der Waals surface area contributed by atoms with Crippen LogP contribution in [0.25, 0.3) is 0 Å². The minimum atomic E-state index is -0.151. The van der Waals surface area contributed by atoms with Crippen molar-refractivity contribution in [2.45, 2.75) is 53.0 Å². The van der Waals surface area contributed by atoms with Crippen molar-refractivity contribution < 1.29 is 4.74 Å². The lowest BCUT2D eigenvalue weighted by Gasteiger charge is -2.33. The molecule has 0 saturated carbocycles. The van der Waals surface area contributed by atoms with Crippen molar-refractivity contribution in [1.82, 2.24) is 0 Å². The summed E-state index contributed by atoms with van der Waals surface area (Å²) >= 11 is 0. The molecule has 1 aliphatic heterocycles. The largest absolute Gasteiger partial charge is 0.475 e. The summed E-state index contributed by atoms with van der Waals surface area (Å²) < 4.78 is 5.98. The number of hydrogen-bond donors (Lipinski definition) is 0. The van der Waals surface area contributed by atoms with Crippen LogP contribution in [0.2, 0.25) is 0 Å². The fourth-order valence-electron chi connectivity index (χ4n) is 3.63. The van der Waals surface area contributed by atoms with Crippen LogP contribution < -0.4 is 0 Å². The van der Waals surface area contributed by atoms with Crippen LogP contribution in [0.3, 0.4) is 0 Å². The first kappa shape index (κ1) is 17.7. The van der Waals surface area contributed by atoms with Gasteiger partial charge in [0, 0.05) is 11.5 Å².